The van der Waals surface area contributed by atoms with E-state index in [9.17, 15) is 4.79 Å². The van der Waals surface area contributed by atoms with E-state index < -0.39 is 0 Å². The number of allylic oxidation sites excluding steroid dienone is 1. The second kappa shape index (κ2) is 6.95. The number of nitrogens with zero attached hydrogens (tertiary/aromatic N) is 2. The minimum absolute atomic E-state index is 0.0811. The molecule has 0 aromatic carbocycles. The zero-order valence-corrected chi connectivity index (χ0v) is 16.0. The largest absolute Gasteiger partial charge is 0.460 e. The molecule has 0 N–H and O–H groups in total. The highest BCUT2D eigenvalue weighted by atomic mass is 79.9. The summed E-state index contributed by atoms with van der Waals surface area (Å²) in [5.74, 6) is 2.22. The topological polar surface area (TPSA) is 55.0 Å². The van der Waals surface area contributed by atoms with E-state index in [0.717, 1.165) is 3.39 Å². The summed E-state index contributed by atoms with van der Waals surface area (Å²) in [5, 5.41) is 9.14. The predicted octanol–water partition coefficient (Wildman–Crippen LogP) is 3.94. The number of hydrogen-bond donors (Lipinski definition) is 0. The molecule has 6 heteroatoms. The molecule has 1 aromatic heterocycles. The van der Waals surface area contributed by atoms with Gasteiger partial charge in [0.1, 0.15) is 12.7 Å². The van der Waals surface area contributed by atoms with Crippen LogP contribution in [0.5, 0.6) is 0 Å². The third kappa shape index (κ3) is 3.88. The number of ether oxygens (including phenoxy) is 1. The van der Waals surface area contributed by atoms with Gasteiger partial charge in [0.2, 0.25) is 0 Å². The van der Waals surface area contributed by atoms with Gasteiger partial charge >= 0.3 is 5.97 Å². The second-order valence-corrected chi connectivity index (χ2v) is 8.85. The van der Waals surface area contributed by atoms with Crippen molar-refractivity contribution in [3.05, 3.63) is 33.0 Å². The first-order valence-corrected chi connectivity index (χ1v) is 8.61. The van der Waals surface area contributed by atoms with Crippen LogP contribution >= 0.6 is 31.9 Å². The van der Waals surface area contributed by atoms with Crippen molar-refractivity contribution in [1.82, 2.24) is 4.57 Å². The average Bonchev–Trinajstić information content (AvgIpc) is 2.82. The molecule has 0 aliphatic heterocycles. The summed E-state index contributed by atoms with van der Waals surface area (Å²) >= 11 is 6.65. The number of carbonyl (C=O) groups excluding carboxylic acids is 1. The summed E-state index contributed by atoms with van der Waals surface area (Å²) in [5.41, 5.74) is 1.02. The molecule has 23 heavy (non-hydrogen) atoms. The Hall–Kier alpha value is -1.50. The quantitative estimate of drug-likeness (QED) is 0.515. The van der Waals surface area contributed by atoms with Gasteiger partial charge in [0, 0.05) is 18.0 Å². The van der Waals surface area contributed by atoms with Crippen LogP contribution in [0.2, 0.25) is 0 Å². The maximum absolute atomic E-state index is 12.3. The second-order valence-electron chi connectivity index (χ2n) is 6.07. The van der Waals surface area contributed by atoms with Gasteiger partial charge in [-0.25, -0.2) is 0 Å². The Morgan fingerprint density at radius 3 is 2.78 bits per heavy atom. The third-order valence-corrected chi connectivity index (χ3v) is 4.73. The lowest BCUT2D eigenvalue weighted by Gasteiger charge is -2.05. The highest BCUT2D eigenvalue weighted by Crippen LogP contribution is 2.60. The van der Waals surface area contributed by atoms with Crippen LogP contribution in [-0.4, -0.2) is 10.5 Å². The number of aromatic nitrogens is 1. The van der Waals surface area contributed by atoms with Gasteiger partial charge in [-0.05, 0) is 43.2 Å². The van der Waals surface area contributed by atoms with Crippen molar-refractivity contribution in [2.24, 2.45) is 17.3 Å². The Morgan fingerprint density at radius 1 is 1.52 bits per heavy atom. The molecule has 1 aromatic rings. The SMILES string of the molecule is C#CCn1cc(C#N)c(COC(=O)[C@@H]2[C@H](C=C(Br)Br)C2(C)C)c1. The van der Waals surface area contributed by atoms with Gasteiger partial charge in [0.25, 0.3) is 0 Å². The molecule has 0 amide bonds. The van der Waals surface area contributed by atoms with Crippen LogP contribution in [0.3, 0.4) is 0 Å². The number of carbonyl (C=O) groups is 1. The van der Waals surface area contributed by atoms with Crippen molar-refractivity contribution in [2.45, 2.75) is 27.0 Å². The summed E-state index contributed by atoms with van der Waals surface area (Å²) in [4.78, 5) is 12.3. The zero-order valence-electron chi connectivity index (χ0n) is 12.8. The minimum Gasteiger partial charge on any atom is -0.460 e. The molecule has 120 valence electrons. The molecule has 0 unspecified atom stereocenters. The Kier molecular flexibility index (Phi) is 5.39. The van der Waals surface area contributed by atoms with Gasteiger partial charge in [-0.2, -0.15) is 5.26 Å². The van der Waals surface area contributed by atoms with Gasteiger partial charge < -0.3 is 9.30 Å². The van der Waals surface area contributed by atoms with E-state index in [1.807, 2.05) is 19.9 Å². The molecule has 4 nitrogen and oxygen atoms in total. The van der Waals surface area contributed by atoms with Crippen LogP contribution in [0, 0.1) is 40.9 Å². The highest BCUT2D eigenvalue weighted by molar-refractivity contribution is 9.28. The van der Waals surface area contributed by atoms with Crippen molar-refractivity contribution in [1.29, 1.82) is 5.26 Å². The van der Waals surface area contributed by atoms with E-state index in [2.05, 4.69) is 43.8 Å². The standard InChI is InChI=1S/C17H16Br2N2O2/c1-4-5-21-8-11(7-20)12(9-21)10-23-16(22)15-13(6-14(18)19)17(15,2)3/h1,6,8-9,13,15H,5,10H2,2-3H3/t13-,15-/m0/s1. The smallest absolute Gasteiger partial charge is 0.310 e. The average molecular weight is 440 g/mol. The van der Waals surface area contributed by atoms with Crippen molar-refractivity contribution in [3.8, 4) is 18.4 Å². The lowest BCUT2D eigenvalue weighted by molar-refractivity contribution is -0.147. The van der Waals surface area contributed by atoms with Crippen LogP contribution in [0.25, 0.3) is 0 Å². The maximum atomic E-state index is 12.3. The molecule has 1 fully saturated rings. The van der Waals surface area contributed by atoms with E-state index in [0.29, 0.717) is 17.7 Å². The monoisotopic (exact) mass is 438 g/mol. The van der Waals surface area contributed by atoms with E-state index in [1.54, 1.807) is 17.0 Å². The summed E-state index contributed by atoms with van der Waals surface area (Å²) in [6.45, 7) is 4.53. The zero-order chi connectivity index (χ0) is 17.2. The summed E-state index contributed by atoms with van der Waals surface area (Å²) < 4.78 is 7.98. The van der Waals surface area contributed by atoms with E-state index in [4.69, 9.17) is 16.4 Å². The van der Waals surface area contributed by atoms with Crippen LogP contribution in [-0.2, 0) is 22.7 Å². The predicted molar refractivity (Wildman–Crippen MR) is 94.5 cm³/mol. The summed E-state index contributed by atoms with van der Waals surface area (Å²) in [7, 11) is 0. The Balaban J connectivity index is 2.02. The van der Waals surface area contributed by atoms with Gasteiger partial charge in [0.15, 0.2) is 0 Å². The van der Waals surface area contributed by atoms with Crippen LogP contribution in [0.4, 0.5) is 0 Å². The Labute approximate surface area is 152 Å². The van der Waals surface area contributed by atoms with Crippen molar-refractivity contribution < 1.29 is 9.53 Å². The van der Waals surface area contributed by atoms with Gasteiger partial charge in [-0.1, -0.05) is 25.8 Å². The molecule has 2 atom stereocenters. The molecule has 1 saturated carbocycles. The number of esters is 1. The third-order valence-electron chi connectivity index (χ3n) is 4.20. The fourth-order valence-corrected chi connectivity index (χ4v) is 3.35. The molecule has 1 aliphatic rings. The molecule has 2 rings (SSSR count). The number of rotatable bonds is 5. The first kappa shape index (κ1) is 17.8. The van der Waals surface area contributed by atoms with Crippen molar-refractivity contribution in [2.75, 3.05) is 0 Å². The number of nitriles is 1. The highest BCUT2D eigenvalue weighted by Gasteiger charge is 2.61. The molecule has 0 radical (unpaired) electrons. The summed E-state index contributed by atoms with van der Waals surface area (Å²) in [6, 6.07) is 2.09. The molecule has 0 bridgehead atoms. The lowest BCUT2D eigenvalue weighted by atomic mass is 10.1. The molecule has 0 spiro atoms. The first-order chi connectivity index (χ1) is 10.8. The van der Waals surface area contributed by atoms with Crippen LogP contribution < -0.4 is 0 Å². The Bertz CT molecular complexity index is 731. The number of hydrogen-bond acceptors (Lipinski definition) is 3. The molecule has 1 heterocycles. The van der Waals surface area contributed by atoms with E-state index in [-0.39, 0.29) is 29.8 Å². The fraction of sp³-hybridized carbons (Fsp3) is 0.412. The van der Waals surface area contributed by atoms with E-state index in [1.165, 1.54) is 0 Å². The van der Waals surface area contributed by atoms with Gasteiger partial charge in [-0.3, -0.25) is 4.79 Å². The summed E-state index contributed by atoms with van der Waals surface area (Å²) in [6.07, 6.45) is 10.6. The van der Waals surface area contributed by atoms with Gasteiger partial charge in [-0.15, -0.1) is 6.42 Å². The molecule has 0 saturated heterocycles. The Morgan fingerprint density at radius 2 is 2.22 bits per heavy atom. The van der Waals surface area contributed by atoms with E-state index >= 15 is 0 Å². The van der Waals surface area contributed by atoms with Crippen molar-refractivity contribution >= 4 is 37.8 Å². The minimum atomic E-state index is -0.244. The molecular weight excluding hydrogens is 424 g/mol. The maximum Gasteiger partial charge on any atom is 0.310 e. The number of terminal acetylenes is 1. The van der Waals surface area contributed by atoms with Crippen LogP contribution in [0.15, 0.2) is 21.9 Å². The number of halogens is 2. The molecular formula is C17H16Br2N2O2. The van der Waals surface area contributed by atoms with Crippen LogP contribution in [0.1, 0.15) is 25.0 Å². The lowest BCUT2D eigenvalue weighted by Crippen LogP contribution is -2.10. The van der Waals surface area contributed by atoms with Gasteiger partial charge in [0.05, 0.1) is 21.4 Å². The fourth-order valence-electron chi connectivity index (χ4n) is 2.78. The first-order valence-electron chi connectivity index (χ1n) is 7.03. The van der Waals surface area contributed by atoms with Crippen molar-refractivity contribution in [3.63, 3.8) is 0 Å². The normalized spacial score (nSPS) is 21.0. The molecule has 1 aliphatic carbocycles.